The molecule has 1 saturated heterocycles. The van der Waals surface area contributed by atoms with Crippen LogP contribution in [-0.4, -0.2) is 42.1 Å². The Morgan fingerprint density at radius 1 is 1.33 bits per heavy atom. The third kappa shape index (κ3) is 2.32. The van der Waals surface area contributed by atoms with Crippen molar-refractivity contribution in [2.45, 2.75) is 12.1 Å². The Morgan fingerprint density at radius 2 is 2.04 bits per heavy atom. The van der Waals surface area contributed by atoms with Gasteiger partial charge in [0.2, 0.25) is 11.8 Å². The van der Waals surface area contributed by atoms with E-state index in [1.165, 1.54) is 11.9 Å². The first kappa shape index (κ1) is 16.3. The summed E-state index contributed by atoms with van der Waals surface area (Å²) >= 11 is 3.40. The Hall–Kier alpha value is -2.53. The predicted octanol–water partition coefficient (Wildman–Crippen LogP) is 1.72. The lowest BCUT2D eigenvalue weighted by molar-refractivity contribution is -0.151. The summed E-state index contributed by atoms with van der Waals surface area (Å²) in [5.74, 6) is -1.78. The molecule has 2 aliphatic rings. The van der Waals surface area contributed by atoms with E-state index in [-0.39, 0.29) is 11.5 Å². The van der Waals surface area contributed by atoms with E-state index >= 15 is 0 Å². The molecule has 0 radical (unpaired) electrons. The van der Waals surface area contributed by atoms with Crippen LogP contribution in [0.5, 0.6) is 0 Å². The second-order valence-corrected chi connectivity index (χ2v) is 6.66. The van der Waals surface area contributed by atoms with E-state index in [4.69, 9.17) is 10.5 Å². The SMILES string of the molecule is CN1C(=O)[C@H]2[C@@H](OC(N)=C(C#N)[C@H]2c2cccc(Br)c2)N(C)C1=O. The Balaban J connectivity index is 2.19. The van der Waals surface area contributed by atoms with Crippen molar-refractivity contribution in [1.29, 1.82) is 5.26 Å². The number of halogens is 1. The van der Waals surface area contributed by atoms with Crippen molar-refractivity contribution < 1.29 is 14.3 Å². The Bertz CT molecular complexity index is 801. The molecule has 0 unspecified atom stereocenters. The highest BCUT2D eigenvalue weighted by atomic mass is 79.9. The van der Waals surface area contributed by atoms with Crippen molar-refractivity contribution in [2.24, 2.45) is 11.7 Å². The van der Waals surface area contributed by atoms with Crippen LogP contribution < -0.4 is 5.73 Å². The van der Waals surface area contributed by atoms with Gasteiger partial charge >= 0.3 is 6.03 Å². The average molecular weight is 391 g/mol. The molecule has 24 heavy (non-hydrogen) atoms. The van der Waals surface area contributed by atoms with Gasteiger partial charge in [0, 0.05) is 24.5 Å². The highest BCUT2D eigenvalue weighted by molar-refractivity contribution is 9.10. The van der Waals surface area contributed by atoms with Crippen LogP contribution in [-0.2, 0) is 9.53 Å². The lowest BCUT2D eigenvalue weighted by Gasteiger charge is -2.46. The number of carbonyl (C=O) groups excluding carboxylic acids is 2. The summed E-state index contributed by atoms with van der Waals surface area (Å²) in [5, 5.41) is 9.54. The molecule has 2 aliphatic heterocycles. The minimum Gasteiger partial charge on any atom is -0.454 e. The van der Waals surface area contributed by atoms with Crippen molar-refractivity contribution >= 4 is 27.9 Å². The van der Waals surface area contributed by atoms with Crippen LogP contribution in [0.15, 0.2) is 40.2 Å². The maximum absolute atomic E-state index is 12.8. The summed E-state index contributed by atoms with van der Waals surface area (Å²) in [4.78, 5) is 27.3. The number of urea groups is 1. The highest BCUT2D eigenvalue weighted by Gasteiger charge is 2.53. The van der Waals surface area contributed by atoms with Crippen LogP contribution >= 0.6 is 15.9 Å². The fourth-order valence-corrected chi connectivity index (χ4v) is 3.63. The predicted molar refractivity (Wildman–Crippen MR) is 88.0 cm³/mol. The molecule has 1 aromatic rings. The van der Waals surface area contributed by atoms with Gasteiger partial charge in [-0.1, -0.05) is 28.1 Å². The highest BCUT2D eigenvalue weighted by Crippen LogP contribution is 2.44. The molecule has 3 atom stereocenters. The van der Waals surface area contributed by atoms with Crippen LogP contribution in [0.4, 0.5) is 4.79 Å². The zero-order valence-corrected chi connectivity index (χ0v) is 14.6. The van der Waals surface area contributed by atoms with E-state index < -0.39 is 30.0 Å². The van der Waals surface area contributed by atoms with E-state index in [9.17, 15) is 14.9 Å². The van der Waals surface area contributed by atoms with Gasteiger partial charge < -0.3 is 10.5 Å². The summed E-state index contributed by atoms with van der Waals surface area (Å²) in [5.41, 5.74) is 6.86. The molecule has 3 rings (SSSR count). The lowest BCUT2D eigenvalue weighted by Crippen LogP contribution is -2.62. The number of benzene rings is 1. The van der Waals surface area contributed by atoms with Crippen LogP contribution in [0.2, 0.25) is 0 Å². The maximum Gasteiger partial charge on any atom is 0.329 e. The molecule has 124 valence electrons. The van der Waals surface area contributed by atoms with Crippen LogP contribution in [0.3, 0.4) is 0 Å². The van der Waals surface area contributed by atoms with E-state index in [1.54, 1.807) is 7.05 Å². The molecule has 1 aromatic carbocycles. The first-order valence-corrected chi connectivity index (χ1v) is 8.02. The van der Waals surface area contributed by atoms with E-state index in [2.05, 4.69) is 22.0 Å². The summed E-state index contributed by atoms with van der Waals surface area (Å²) in [7, 11) is 2.97. The standard InChI is InChI=1S/C16H15BrN4O3/c1-20-14(22)12-11(8-4-3-5-9(17)6-8)10(7-18)13(19)24-15(12)21(2)16(20)23/h3-6,11-12,15H,19H2,1-2H3/t11-,12+,15-/m1/s1. The summed E-state index contributed by atoms with van der Waals surface area (Å²) < 4.78 is 6.38. The molecule has 0 bridgehead atoms. The summed E-state index contributed by atoms with van der Waals surface area (Å²) in [6.45, 7) is 0. The molecule has 8 heteroatoms. The minimum atomic E-state index is -0.845. The first-order chi connectivity index (χ1) is 11.4. The van der Waals surface area contributed by atoms with Crippen molar-refractivity contribution in [1.82, 2.24) is 9.80 Å². The monoisotopic (exact) mass is 390 g/mol. The summed E-state index contributed by atoms with van der Waals surface area (Å²) in [6.07, 6.45) is -0.845. The molecule has 0 spiro atoms. The number of fused-ring (bicyclic) bond motifs is 1. The number of imide groups is 1. The van der Waals surface area contributed by atoms with Crippen molar-refractivity contribution in [3.8, 4) is 6.07 Å². The number of ether oxygens (including phenoxy) is 1. The zero-order valence-electron chi connectivity index (χ0n) is 13.1. The molecule has 0 aliphatic carbocycles. The quantitative estimate of drug-likeness (QED) is 0.786. The smallest absolute Gasteiger partial charge is 0.329 e. The summed E-state index contributed by atoms with van der Waals surface area (Å²) in [6, 6.07) is 8.92. The van der Waals surface area contributed by atoms with Crippen molar-refractivity contribution in [3.63, 3.8) is 0 Å². The Morgan fingerprint density at radius 3 is 2.67 bits per heavy atom. The number of amides is 3. The molecule has 7 nitrogen and oxygen atoms in total. The number of nitrogens with zero attached hydrogens (tertiary/aromatic N) is 3. The number of hydrogen-bond acceptors (Lipinski definition) is 5. The van der Waals surface area contributed by atoms with Crippen molar-refractivity contribution in [3.05, 3.63) is 45.8 Å². The van der Waals surface area contributed by atoms with E-state index in [0.29, 0.717) is 0 Å². The van der Waals surface area contributed by atoms with Gasteiger partial charge in [-0.15, -0.1) is 0 Å². The second kappa shape index (κ2) is 5.83. The molecule has 1 fully saturated rings. The molecule has 0 saturated carbocycles. The number of allylic oxidation sites excluding steroid dienone is 1. The topological polar surface area (TPSA) is 99.7 Å². The Labute approximate surface area is 147 Å². The van der Waals surface area contributed by atoms with Gasteiger partial charge in [-0.2, -0.15) is 5.26 Å². The largest absolute Gasteiger partial charge is 0.454 e. The molecule has 2 N–H and O–H groups in total. The van der Waals surface area contributed by atoms with Gasteiger partial charge in [-0.3, -0.25) is 14.6 Å². The van der Waals surface area contributed by atoms with E-state index in [0.717, 1.165) is 14.9 Å². The van der Waals surface area contributed by atoms with Gasteiger partial charge in [0.25, 0.3) is 0 Å². The van der Waals surface area contributed by atoms with Gasteiger partial charge in [0.1, 0.15) is 12.0 Å². The number of nitrogens with two attached hydrogens (primary N) is 1. The van der Waals surface area contributed by atoms with Gasteiger partial charge in [-0.05, 0) is 17.7 Å². The van der Waals surface area contributed by atoms with Crippen LogP contribution in [0, 0.1) is 17.2 Å². The lowest BCUT2D eigenvalue weighted by atomic mass is 9.76. The van der Waals surface area contributed by atoms with Gasteiger partial charge in [0.15, 0.2) is 6.23 Å². The fraction of sp³-hybridized carbons (Fsp3) is 0.312. The zero-order chi connectivity index (χ0) is 17.6. The van der Waals surface area contributed by atoms with Crippen LogP contribution in [0.1, 0.15) is 11.5 Å². The average Bonchev–Trinajstić information content (AvgIpc) is 2.57. The van der Waals surface area contributed by atoms with Crippen molar-refractivity contribution in [2.75, 3.05) is 14.1 Å². The molecular formula is C16H15BrN4O3. The second-order valence-electron chi connectivity index (χ2n) is 5.75. The normalized spacial score (nSPS) is 26.8. The van der Waals surface area contributed by atoms with E-state index in [1.807, 2.05) is 24.3 Å². The minimum absolute atomic E-state index is 0.0549. The molecule has 2 heterocycles. The number of carbonyl (C=O) groups is 2. The number of hydrogen-bond donors (Lipinski definition) is 1. The number of rotatable bonds is 1. The Kier molecular flexibility index (Phi) is 3.97. The molecule has 0 aromatic heterocycles. The molecule has 3 amide bonds. The maximum atomic E-state index is 12.8. The third-order valence-corrected chi connectivity index (χ3v) is 4.90. The third-order valence-electron chi connectivity index (χ3n) is 4.40. The van der Waals surface area contributed by atoms with Gasteiger partial charge in [-0.25, -0.2) is 4.79 Å². The fourth-order valence-electron chi connectivity index (χ4n) is 3.21. The van der Waals surface area contributed by atoms with Crippen LogP contribution in [0.25, 0.3) is 0 Å². The molecular weight excluding hydrogens is 376 g/mol. The van der Waals surface area contributed by atoms with Gasteiger partial charge in [0.05, 0.1) is 5.57 Å². The first-order valence-electron chi connectivity index (χ1n) is 7.23. The number of nitriles is 1.